The molecule has 1 amide bonds. The number of nitrogens with zero attached hydrogens (tertiary/aromatic N) is 3. The molecule has 23 heavy (non-hydrogen) atoms. The second kappa shape index (κ2) is 6.77. The average molecular weight is 320 g/mol. The largest absolute Gasteiger partial charge is 0.491 e. The van der Waals surface area contributed by atoms with Gasteiger partial charge in [0.25, 0.3) is 5.69 Å². The molecule has 2 rings (SSSR count). The molecule has 9 heteroatoms. The Hall–Kier alpha value is -3.10. The van der Waals surface area contributed by atoms with E-state index in [2.05, 4.69) is 10.4 Å². The maximum absolute atomic E-state index is 11.1. The van der Waals surface area contributed by atoms with Gasteiger partial charge in [0.2, 0.25) is 0 Å². The number of benzene rings is 1. The van der Waals surface area contributed by atoms with E-state index in [9.17, 15) is 14.9 Å². The van der Waals surface area contributed by atoms with Gasteiger partial charge in [0.15, 0.2) is 0 Å². The fourth-order valence-electron chi connectivity index (χ4n) is 1.98. The Kier molecular flexibility index (Phi) is 4.79. The van der Waals surface area contributed by atoms with Crippen LogP contribution in [0.4, 0.5) is 10.5 Å². The fourth-order valence-corrected chi connectivity index (χ4v) is 1.98. The van der Waals surface area contributed by atoms with Gasteiger partial charge in [-0.3, -0.25) is 14.8 Å². The summed E-state index contributed by atoms with van der Waals surface area (Å²) < 4.78 is 7.06. The molecule has 0 spiro atoms. The highest BCUT2D eigenvalue weighted by molar-refractivity contribution is 5.67. The Morgan fingerprint density at radius 2 is 2.22 bits per heavy atom. The Bertz CT molecular complexity index is 728. The van der Waals surface area contributed by atoms with Crippen molar-refractivity contribution in [2.24, 2.45) is 7.05 Å². The highest BCUT2D eigenvalue weighted by Gasteiger charge is 2.14. The molecule has 0 aliphatic carbocycles. The van der Waals surface area contributed by atoms with Crippen molar-refractivity contribution < 1.29 is 19.6 Å². The average Bonchev–Trinajstić information content (AvgIpc) is 2.91. The maximum Gasteiger partial charge on any atom is 0.404 e. The molecule has 0 aliphatic rings. The summed E-state index contributed by atoms with van der Waals surface area (Å²) in [6, 6.07) is 3.93. The number of aryl methyl sites for hydroxylation is 1. The van der Waals surface area contributed by atoms with Crippen LogP contribution in [0.5, 0.6) is 5.75 Å². The van der Waals surface area contributed by atoms with Crippen molar-refractivity contribution in [2.45, 2.75) is 13.0 Å². The van der Waals surface area contributed by atoms with E-state index in [0.29, 0.717) is 5.56 Å². The lowest BCUT2D eigenvalue weighted by Gasteiger charge is -2.13. The topological polar surface area (TPSA) is 120 Å². The van der Waals surface area contributed by atoms with Gasteiger partial charge in [0, 0.05) is 24.9 Å². The van der Waals surface area contributed by atoms with Gasteiger partial charge in [-0.1, -0.05) is 0 Å². The number of non-ortho nitro benzene ring substituents is 1. The third kappa shape index (κ3) is 4.43. The summed E-state index contributed by atoms with van der Waals surface area (Å²) in [5.74, 6) is 0.289. The zero-order valence-corrected chi connectivity index (χ0v) is 12.6. The number of hydrogen-bond donors (Lipinski definition) is 2. The number of aromatic nitrogens is 2. The van der Waals surface area contributed by atoms with Crippen molar-refractivity contribution in [2.75, 3.05) is 6.61 Å². The molecule has 0 aliphatic heterocycles. The highest BCUT2D eigenvalue weighted by Crippen LogP contribution is 2.29. The number of ether oxygens (including phenoxy) is 1. The zero-order valence-electron chi connectivity index (χ0n) is 12.6. The number of rotatable bonds is 6. The summed E-state index contributed by atoms with van der Waals surface area (Å²) in [6.07, 6.45) is 2.17. The lowest BCUT2D eigenvalue weighted by Crippen LogP contribution is -2.35. The summed E-state index contributed by atoms with van der Waals surface area (Å²) in [7, 11) is 1.75. The van der Waals surface area contributed by atoms with Crippen LogP contribution in [-0.2, 0) is 7.05 Å². The first kappa shape index (κ1) is 16.3. The molecule has 0 bridgehead atoms. The number of nitrogens with one attached hydrogen (secondary N) is 1. The van der Waals surface area contributed by atoms with Crippen LogP contribution < -0.4 is 10.1 Å². The van der Waals surface area contributed by atoms with Gasteiger partial charge < -0.3 is 15.2 Å². The van der Waals surface area contributed by atoms with Crippen LogP contribution in [0.2, 0.25) is 0 Å². The summed E-state index contributed by atoms with van der Waals surface area (Å²) >= 11 is 0. The lowest BCUT2D eigenvalue weighted by molar-refractivity contribution is -0.384. The number of nitro groups is 1. The molecule has 0 saturated carbocycles. The summed E-state index contributed by atoms with van der Waals surface area (Å²) in [5, 5.41) is 26.0. The predicted molar refractivity (Wildman–Crippen MR) is 81.4 cm³/mol. The fraction of sp³-hybridized carbons (Fsp3) is 0.286. The summed E-state index contributed by atoms with van der Waals surface area (Å²) in [6.45, 7) is 1.69. The molecule has 2 N–H and O–H groups in total. The molecule has 1 heterocycles. The second-order valence-electron chi connectivity index (χ2n) is 5.04. The second-order valence-corrected chi connectivity index (χ2v) is 5.04. The molecule has 9 nitrogen and oxygen atoms in total. The number of hydrogen-bond acceptors (Lipinski definition) is 5. The summed E-state index contributed by atoms with van der Waals surface area (Å²) in [5.41, 5.74) is 1.21. The third-order valence-corrected chi connectivity index (χ3v) is 3.01. The minimum absolute atomic E-state index is 0.0555. The van der Waals surface area contributed by atoms with Gasteiger partial charge in [-0.2, -0.15) is 5.10 Å². The van der Waals surface area contributed by atoms with Gasteiger partial charge in [0.05, 0.1) is 23.2 Å². The normalized spacial score (nSPS) is 11.7. The Morgan fingerprint density at radius 3 is 2.78 bits per heavy atom. The monoisotopic (exact) mass is 320 g/mol. The molecule has 0 unspecified atom stereocenters. The van der Waals surface area contributed by atoms with Crippen LogP contribution in [0, 0.1) is 10.1 Å². The quantitative estimate of drug-likeness (QED) is 0.620. The van der Waals surface area contributed by atoms with E-state index < -0.39 is 17.1 Å². The molecule has 0 fully saturated rings. The van der Waals surface area contributed by atoms with Crippen LogP contribution in [0.25, 0.3) is 11.1 Å². The van der Waals surface area contributed by atoms with Crippen LogP contribution in [0.3, 0.4) is 0 Å². The van der Waals surface area contributed by atoms with Crippen molar-refractivity contribution >= 4 is 11.8 Å². The molecular formula is C14H16N4O5. The first-order valence-corrected chi connectivity index (χ1v) is 6.76. The van der Waals surface area contributed by atoms with Crippen molar-refractivity contribution in [3.8, 4) is 16.9 Å². The molecular weight excluding hydrogens is 304 g/mol. The first-order chi connectivity index (χ1) is 10.8. The number of amides is 1. The standard InChI is InChI=1S/C14H16N4O5/c1-9(16-14(19)20)8-23-13-4-10(3-12(5-13)18(21)22)11-6-15-17(2)7-11/h3-7,9,16H,8H2,1-2H3,(H,19,20)/t9-/m1/s1. The van der Waals surface area contributed by atoms with Crippen molar-refractivity contribution in [3.63, 3.8) is 0 Å². The van der Waals surface area contributed by atoms with E-state index in [4.69, 9.17) is 9.84 Å². The molecule has 1 aromatic heterocycles. The Balaban J connectivity index is 2.23. The maximum atomic E-state index is 11.1. The predicted octanol–water partition coefficient (Wildman–Crippen LogP) is 2.03. The molecule has 122 valence electrons. The van der Waals surface area contributed by atoms with Crippen molar-refractivity contribution in [3.05, 3.63) is 40.7 Å². The third-order valence-electron chi connectivity index (χ3n) is 3.01. The number of carbonyl (C=O) groups is 1. The molecule has 1 atom stereocenters. The minimum Gasteiger partial charge on any atom is -0.491 e. The lowest BCUT2D eigenvalue weighted by atomic mass is 10.1. The highest BCUT2D eigenvalue weighted by atomic mass is 16.6. The Morgan fingerprint density at radius 1 is 1.48 bits per heavy atom. The van der Waals surface area contributed by atoms with Crippen LogP contribution in [-0.4, -0.2) is 38.6 Å². The van der Waals surface area contributed by atoms with E-state index in [1.807, 2.05) is 0 Å². The van der Waals surface area contributed by atoms with Gasteiger partial charge in [-0.15, -0.1) is 0 Å². The van der Waals surface area contributed by atoms with Crippen molar-refractivity contribution in [1.29, 1.82) is 0 Å². The van der Waals surface area contributed by atoms with E-state index in [1.165, 1.54) is 12.1 Å². The number of nitro benzene ring substituents is 1. The van der Waals surface area contributed by atoms with Crippen LogP contribution >= 0.6 is 0 Å². The minimum atomic E-state index is -1.16. The van der Waals surface area contributed by atoms with E-state index >= 15 is 0 Å². The molecule has 2 aromatic rings. The molecule has 0 saturated heterocycles. The zero-order chi connectivity index (χ0) is 17.0. The smallest absolute Gasteiger partial charge is 0.404 e. The molecule has 0 radical (unpaired) electrons. The molecule has 1 aromatic carbocycles. The van der Waals surface area contributed by atoms with E-state index in [-0.39, 0.29) is 18.0 Å². The SMILES string of the molecule is C[C@H](COc1cc(-c2cnn(C)c2)cc([N+](=O)[O-])c1)NC(=O)O. The van der Waals surface area contributed by atoms with Gasteiger partial charge in [-0.25, -0.2) is 4.79 Å². The van der Waals surface area contributed by atoms with Gasteiger partial charge >= 0.3 is 6.09 Å². The number of carboxylic acid groups (broad SMARTS) is 1. The Labute approximate surface area is 131 Å². The van der Waals surface area contributed by atoms with Gasteiger partial charge in [-0.05, 0) is 18.6 Å². The summed E-state index contributed by atoms with van der Waals surface area (Å²) in [4.78, 5) is 21.1. The van der Waals surface area contributed by atoms with Crippen LogP contribution in [0.1, 0.15) is 6.92 Å². The first-order valence-electron chi connectivity index (χ1n) is 6.76. The van der Waals surface area contributed by atoms with E-state index in [0.717, 1.165) is 5.56 Å². The van der Waals surface area contributed by atoms with Gasteiger partial charge in [0.1, 0.15) is 12.4 Å². The van der Waals surface area contributed by atoms with E-state index in [1.54, 1.807) is 37.1 Å². The van der Waals surface area contributed by atoms with Crippen LogP contribution in [0.15, 0.2) is 30.6 Å². The van der Waals surface area contributed by atoms with Crippen molar-refractivity contribution in [1.82, 2.24) is 15.1 Å².